The van der Waals surface area contributed by atoms with E-state index in [0.29, 0.717) is 4.90 Å². The van der Waals surface area contributed by atoms with E-state index in [9.17, 15) is 23.2 Å². The van der Waals surface area contributed by atoms with Crippen LogP contribution in [-0.2, 0) is 33.3 Å². The number of nitriles is 1. The van der Waals surface area contributed by atoms with E-state index in [4.69, 9.17) is 47.4 Å². The van der Waals surface area contributed by atoms with Crippen LogP contribution < -0.4 is 0 Å². The van der Waals surface area contributed by atoms with Gasteiger partial charge in [-0.15, -0.1) is 5.10 Å². The van der Waals surface area contributed by atoms with Crippen LogP contribution in [-0.4, -0.2) is 68.2 Å². The summed E-state index contributed by atoms with van der Waals surface area (Å²) in [6.07, 6.45) is -0.982. The van der Waals surface area contributed by atoms with Crippen LogP contribution in [0.15, 0.2) is 35.5 Å². The molecule has 0 aliphatic carbocycles. The summed E-state index contributed by atoms with van der Waals surface area (Å²) < 4.78 is 52.2. The smallest absolute Gasteiger partial charge is 0.303 e. The third-order valence-corrected chi connectivity index (χ3v) is 7.70. The molecule has 0 N–H and O–H groups in total. The minimum Gasteiger partial charge on any atom is -0.463 e. The SMILES string of the molecule is CC(=O)OC[C@H]1O[C@H](Sc2cnc(C#N)c(Cl)c2)[C@H](OC(C)=O)[C@@H](n2cc(-c3cc(F)c(Cl)c(F)c3)nn2)[C@H]1OC(C)=O. The van der Waals surface area contributed by atoms with Gasteiger partial charge in [-0.3, -0.25) is 14.4 Å². The highest BCUT2D eigenvalue weighted by Gasteiger charge is 2.52. The number of thioether (sulfide) groups is 1. The fourth-order valence-electron chi connectivity index (χ4n) is 4.24. The molecule has 3 aromatic rings. The maximum absolute atomic E-state index is 14.2. The molecule has 0 saturated carbocycles. The third-order valence-electron chi connectivity index (χ3n) is 5.94. The highest BCUT2D eigenvalue weighted by Crippen LogP contribution is 2.42. The van der Waals surface area contributed by atoms with Crippen molar-refractivity contribution < 1.29 is 42.1 Å². The number of carbonyl (C=O) groups is 3. The maximum atomic E-state index is 14.2. The predicted octanol–water partition coefficient (Wildman–Crippen LogP) is 4.28. The molecule has 2 aromatic heterocycles. The second-order valence-electron chi connectivity index (χ2n) is 9.05. The first-order chi connectivity index (χ1) is 20.4. The van der Waals surface area contributed by atoms with Crippen LogP contribution in [0.2, 0.25) is 10.0 Å². The average Bonchev–Trinajstić information content (AvgIpc) is 3.41. The number of nitrogens with zero attached hydrogens (tertiary/aromatic N) is 5. The largest absolute Gasteiger partial charge is 0.463 e. The zero-order valence-corrected chi connectivity index (χ0v) is 24.8. The lowest BCUT2D eigenvalue weighted by Crippen LogP contribution is -2.57. The summed E-state index contributed by atoms with van der Waals surface area (Å²) in [6, 6.07) is 4.06. The highest BCUT2D eigenvalue weighted by molar-refractivity contribution is 7.99. The van der Waals surface area contributed by atoms with Gasteiger partial charge in [0, 0.05) is 37.4 Å². The first-order valence-corrected chi connectivity index (χ1v) is 13.9. The van der Waals surface area contributed by atoms with Crippen LogP contribution in [0.3, 0.4) is 0 Å². The topological polar surface area (TPSA) is 156 Å². The number of pyridine rings is 1. The molecule has 226 valence electrons. The summed E-state index contributed by atoms with van der Waals surface area (Å²) in [5, 5.41) is 16.6. The molecule has 5 atom stereocenters. The lowest BCUT2D eigenvalue weighted by Gasteiger charge is -2.44. The Kier molecular flexibility index (Phi) is 10.2. The molecule has 1 aromatic carbocycles. The monoisotopic (exact) mass is 655 g/mol. The lowest BCUT2D eigenvalue weighted by atomic mass is 9.96. The molecule has 1 fully saturated rings. The van der Waals surface area contributed by atoms with Crippen molar-refractivity contribution >= 4 is 52.9 Å². The summed E-state index contributed by atoms with van der Waals surface area (Å²) in [5.41, 5.74) is -1.10. The number of hydrogen-bond acceptors (Lipinski definition) is 12. The predicted molar refractivity (Wildman–Crippen MR) is 146 cm³/mol. The normalized spacial score (nSPS) is 21.5. The van der Waals surface area contributed by atoms with Crippen LogP contribution in [0.4, 0.5) is 8.78 Å². The van der Waals surface area contributed by atoms with Gasteiger partial charge < -0.3 is 18.9 Å². The molecule has 0 bridgehead atoms. The first-order valence-electron chi connectivity index (χ1n) is 12.3. The Bertz CT molecular complexity index is 1580. The van der Waals surface area contributed by atoms with E-state index in [2.05, 4.69) is 15.3 Å². The first kappa shape index (κ1) is 32.1. The van der Waals surface area contributed by atoms with Gasteiger partial charge in [0.25, 0.3) is 0 Å². The van der Waals surface area contributed by atoms with E-state index in [1.807, 2.05) is 6.07 Å². The van der Waals surface area contributed by atoms with Crippen LogP contribution in [0.1, 0.15) is 32.5 Å². The van der Waals surface area contributed by atoms with Crippen LogP contribution in [0.5, 0.6) is 0 Å². The van der Waals surface area contributed by atoms with Gasteiger partial charge >= 0.3 is 17.9 Å². The standard InChI is InChI=1S/C26H21Cl2F2N5O7S/c1-11(36)39-10-21-24(40-12(2)37)23(35-9-20(33-34-35)14-4-17(29)22(28)18(30)5-14)25(41-13(3)38)26(42-21)43-15-6-16(27)19(7-31)32-8-15/h4-6,8-9,21,23-26H,10H2,1-3H3/t21-,23+,24+,25-,26-/m1/s1. The quantitative estimate of drug-likeness (QED) is 0.193. The van der Waals surface area contributed by atoms with Gasteiger partial charge in [-0.2, -0.15) is 5.26 Å². The van der Waals surface area contributed by atoms with E-state index in [1.54, 1.807) is 0 Å². The fraction of sp³-hybridized carbons (Fsp3) is 0.346. The van der Waals surface area contributed by atoms with Gasteiger partial charge in [-0.1, -0.05) is 40.2 Å². The van der Waals surface area contributed by atoms with E-state index < -0.39 is 64.4 Å². The van der Waals surface area contributed by atoms with Crippen LogP contribution in [0, 0.1) is 23.0 Å². The molecular formula is C26H21Cl2F2N5O7S. The van der Waals surface area contributed by atoms with Crippen molar-refractivity contribution in [2.75, 3.05) is 6.61 Å². The van der Waals surface area contributed by atoms with Gasteiger partial charge in [0.1, 0.15) is 52.6 Å². The van der Waals surface area contributed by atoms with E-state index in [1.165, 1.54) is 30.1 Å². The molecule has 0 unspecified atom stereocenters. The summed E-state index contributed by atoms with van der Waals surface area (Å²) >= 11 is 12.8. The number of halogens is 4. The number of esters is 3. The van der Waals surface area contributed by atoms with E-state index in [0.717, 1.165) is 37.7 Å². The Labute approximate surface area is 257 Å². The number of carbonyl (C=O) groups excluding carboxylic acids is 3. The van der Waals surface area contributed by atoms with Crippen molar-refractivity contribution in [1.29, 1.82) is 5.26 Å². The summed E-state index contributed by atoms with van der Waals surface area (Å²) in [6.45, 7) is 3.08. The molecule has 3 heterocycles. The molecule has 43 heavy (non-hydrogen) atoms. The molecule has 1 aliphatic heterocycles. The summed E-state index contributed by atoms with van der Waals surface area (Å²) in [4.78, 5) is 40.6. The Hall–Kier alpha value is -3.84. The average molecular weight is 656 g/mol. The Morgan fingerprint density at radius 1 is 1.07 bits per heavy atom. The number of rotatable bonds is 8. The number of hydrogen-bond donors (Lipinski definition) is 0. The van der Waals surface area contributed by atoms with Gasteiger partial charge in [0.15, 0.2) is 17.9 Å². The Morgan fingerprint density at radius 2 is 1.72 bits per heavy atom. The zero-order chi connectivity index (χ0) is 31.4. The van der Waals surface area contributed by atoms with Crippen LogP contribution >= 0.6 is 35.0 Å². The molecule has 4 rings (SSSR count). The van der Waals surface area contributed by atoms with Crippen molar-refractivity contribution in [3.8, 4) is 17.3 Å². The third kappa shape index (κ3) is 7.57. The molecule has 0 spiro atoms. The summed E-state index contributed by atoms with van der Waals surface area (Å²) in [7, 11) is 0. The maximum Gasteiger partial charge on any atom is 0.303 e. The molecule has 0 amide bonds. The van der Waals surface area contributed by atoms with Crippen molar-refractivity contribution in [3.63, 3.8) is 0 Å². The van der Waals surface area contributed by atoms with Crippen molar-refractivity contribution in [2.24, 2.45) is 0 Å². The zero-order valence-electron chi connectivity index (χ0n) is 22.5. The number of aromatic nitrogens is 4. The molecule has 17 heteroatoms. The van der Waals surface area contributed by atoms with Crippen molar-refractivity contribution in [2.45, 2.75) is 55.5 Å². The summed E-state index contributed by atoms with van der Waals surface area (Å²) in [5.74, 6) is -4.18. The van der Waals surface area contributed by atoms with Crippen molar-refractivity contribution in [3.05, 3.63) is 58.0 Å². The van der Waals surface area contributed by atoms with Gasteiger partial charge in [0.2, 0.25) is 0 Å². The second kappa shape index (κ2) is 13.6. The molecule has 12 nitrogen and oxygen atoms in total. The number of ether oxygens (including phenoxy) is 4. The van der Waals surface area contributed by atoms with Gasteiger partial charge in [-0.05, 0) is 18.2 Å². The lowest BCUT2D eigenvalue weighted by molar-refractivity contribution is -0.212. The Balaban J connectivity index is 1.82. The molecule has 1 aliphatic rings. The minimum atomic E-state index is -1.27. The van der Waals surface area contributed by atoms with Gasteiger partial charge in [-0.25, -0.2) is 18.4 Å². The molecule has 0 radical (unpaired) electrons. The van der Waals surface area contributed by atoms with Gasteiger partial charge in [0.05, 0.1) is 11.2 Å². The molecule has 1 saturated heterocycles. The second-order valence-corrected chi connectivity index (χ2v) is 11.0. The molecular weight excluding hydrogens is 635 g/mol. The van der Waals surface area contributed by atoms with Crippen molar-refractivity contribution in [1.82, 2.24) is 20.0 Å². The van der Waals surface area contributed by atoms with Crippen LogP contribution in [0.25, 0.3) is 11.3 Å². The fourth-order valence-corrected chi connectivity index (χ4v) is 5.74. The highest BCUT2D eigenvalue weighted by atomic mass is 35.5. The number of benzene rings is 1. The van der Waals surface area contributed by atoms with E-state index >= 15 is 0 Å². The minimum absolute atomic E-state index is 0.00733. The Morgan fingerprint density at radius 3 is 2.30 bits per heavy atom. The van der Waals surface area contributed by atoms with E-state index in [-0.39, 0.29) is 28.6 Å².